The number of nitrogens with one attached hydrogen (secondary N) is 1. The molecule has 2 heterocycles. The molecule has 1 saturated heterocycles. The number of amides is 1. The summed E-state index contributed by atoms with van der Waals surface area (Å²) in [5.41, 5.74) is 0.00161. The molecule has 3 N–H and O–H groups in total. The molecule has 0 bridgehead atoms. The van der Waals surface area contributed by atoms with Gasteiger partial charge in [-0.15, -0.1) is 0 Å². The number of carboxylic acids is 2. The molecule has 0 aromatic heterocycles. The molecular weight excluding hydrogens is 555 g/mol. The topological polar surface area (TPSA) is 107 Å². The number of hydrogen-bond donors (Lipinski definition) is 3. The number of fused-ring (bicyclic) bond motifs is 2. The molecule has 2 aromatic rings. The van der Waals surface area contributed by atoms with Gasteiger partial charge in [-0.1, -0.05) is 50.6 Å². The van der Waals surface area contributed by atoms with E-state index in [-0.39, 0.29) is 16.3 Å². The molecule has 38 heavy (non-hydrogen) atoms. The van der Waals surface area contributed by atoms with E-state index in [2.05, 4.69) is 5.32 Å². The second-order valence-electron chi connectivity index (χ2n) is 10.3. The van der Waals surface area contributed by atoms with Crippen molar-refractivity contribution >= 4 is 46.9 Å². The molecule has 2 aromatic carbocycles. The molecular formula is C25H24Cl2F4N2O5. The van der Waals surface area contributed by atoms with Gasteiger partial charge in [-0.25, -0.2) is 13.6 Å². The third-order valence-electron chi connectivity index (χ3n) is 6.44. The first kappa shape index (κ1) is 29.7. The Morgan fingerprint density at radius 2 is 1.68 bits per heavy atom. The molecule has 1 fully saturated rings. The van der Waals surface area contributed by atoms with E-state index in [1.165, 1.54) is 16.6 Å². The fourth-order valence-electron chi connectivity index (χ4n) is 5.20. The highest BCUT2D eigenvalue weighted by Gasteiger charge is 2.69. The predicted octanol–water partition coefficient (Wildman–Crippen LogP) is 5.81. The van der Waals surface area contributed by atoms with Crippen LogP contribution in [0, 0.1) is 11.2 Å². The Morgan fingerprint density at radius 1 is 1.11 bits per heavy atom. The predicted molar refractivity (Wildman–Crippen MR) is 132 cm³/mol. The summed E-state index contributed by atoms with van der Waals surface area (Å²) in [4.78, 5) is 35.0. The zero-order chi connectivity index (χ0) is 28.8. The first-order valence-electron chi connectivity index (χ1n) is 11.2. The van der Waals surface area contributed by atoms with Gasteiger partial charge in [0.05, 0.1) is 0 Å². The van der Waals surface area contributed by atoms with Gasteiger partial charge in [0.25, 0.3) is 0 Å². The van der Waals surface area contributed by atoms with Crippen molar-refractivity contribution in [2.45, 2.75) is 56.8 Å². The van der Waals surface area contributed by atoms with Crippen LogP contribution < -0.4 is 5.32 Å². The summed E-state index contributed by atoms with van der Waals surface area (Å²) in [6.07, 6.45) is -4.64. The largest absolute Gasteiger partial charge is 0.490 e. The normalized spacial score (nSPS) is 25.0. The highest BCUT2D eigenvalue weighted by molar-refractivity contribution is 6.30. The third kappa shape index (κ3) is 5.45. The van der Waals surface area contributed by atoms with Gasteiger partial charge in [-0.3, -0.25) is 9.59 Å². The van der Waals surface area contributed by atoms with Crippen LogP contribution in [0.15, 0.2) is 42.5 Å². The molecule has 4 unspecified atom stereocenters. The Bertz CT molecular complexity index is 1250. The van der Waals surface area contributed by atoms with E-state index in [0.29, 0.717) is 23.2 Å². The first-order chi connectivity index (χ1) is 17.4. The van der Waals surface area contributed by atoms with Crippen LogP contribution in [0.1, 0.15) is 44.2 Å². The van der Waals surface area contributed by atoms with E-state index in [1.54, 1.807) is 18.2 Å². The summed E-state index contributed by atoms with van der Waals surface area (Å²) in [6, 6.07) is 9.19. The van der Waals surface area contributed by atoms with E-state index >= 15 is 0 Å². The Labute approximate surface area is 225 Å². The van der Waals surface area contributed by atoms with Gasteiger partial charge in [0, 0.05) is 22.7 Å². The molecule has 2 aliphatic heterocycles. The second-order valence-corrected chi connectivity index (χ2v) is 11.1. The van der Waals surface area contributed by atoms with Crippen molar-refractivity contribution in [2.75, 3.05) is 5.32 Å². The minimum atomic E-state index is -5.08. The quantitative estimate of drug-likeness (QED) is 0.313. The van der Waals surface area contributed by atoms with Crippen molar-refractivity contribution in [3.63, 3.8) is 0 Å². The van der Waals surface area contributed by atoms with Gasteiger partial charge >= 0.3 is 18.1 Å². The summed E-state index contributed by atoms with van der Waals surface area (Å²) in [7, 11) is 0. The number of alkyl halides is 3. The Hall–Kier alpha value is -2.89. The lowest BCUT2D eigenvalue weighted by molar-refractivity contribution is -0.192. The number of rotatable bonds is 3. The monoisotopic (exact) mass is 578 g/mol. The summed E-state index contributed by atoms with van der Waals surface area (Å²) in [6.45, 7) is 6.02. The lowest BCUT2D eigenvalue weighted by atomic mass is 9.62. The number of halogens is 6. The fraction of sp³-hybridized carbons (Fsp3) is 0.400. The lowest BCUT2D eigenvalue weighted by Crippen LogP contribution is -2.49. The molecule has 1 spiro atoms. The first-order valence-corrected chi connectivity index (χ1v) is 12.0. The highest BCUT2D eigenvalue weighted by atomic mass is 35.5. The molecule has 0 radical (unpaired) electrons. The van der Waals surface area contributed by atoms with Crippen LogP contribution in [0.2, 0.25) is 5.02 Å². The van der Waals surface area contributed by atoms with Gasteiger partial charge in [0.2, 0.25) is 5.91 Å². The summed E-state index contributed by atoms with van der Waals surface area (Å²) in [5.74, 6) is -5.84. The van der Waals surface area contributed by atoms with Crippen molar-refractivity contribution in [1.29, 1.82) is 0 Å². The van der Waals surface area contributed by atoms with E-state index in [1.807, 2.05) is 26.8 Å². The zero-order valence-corrected chi connectivity index (χ0v) is 21.8. The fourth-order valence-corrected chi connectivity index (χ4v) is 5.85. The Balaban J connectivity index is 0.000000505. The molecule has 2 aliphatic rings. The molecule has 0 saturated carbocycles. The SMILES string of the molecule is CC(C)(C)CC1N(Cl)C(C(=O)O)C(c2cc(F)cc(Cl)c2)C12C(=O)Nc1ccccc12.O=C(O)C(F)(F)F. The summed E-state index contributed by atoms with van der Waals surface area (Å²) in [5, 5.41) is 20.3. The van der Waals surface area contributed by atoms with Gasteiger partial charge in [0.1, 0.15) is 17.3 Å². The number of carbonyl (C=O) groups excluding carboxylic acids is 1. The van der Waals surface area contributed by atoms with Crippen LogP contribution in [0.5, 0.6) is 0 Å². The summed E-state index contributed by atoms with van der Waals surface area (Å²) < 4.78 is 47.3. The van der Waals surface area contributed by atoms with Crippen LogP contribution in [0.3, 0.4) is 0 Å². The van der Waals surface area contributed by atoms with Crippen LogP contribution in [-0.2, 0) is 19.8 Å². The number of carboxylic acid groups (broad SMARTS) is 2. The maximum absolute atomic E-state index is 14.4. The van der Waals surface area contributed by atoms with Crippen molar-refractivity contribution in [2.24, 2.45) is 5.41 Å². The maximum atomic E-state index is 14.4. The number of hydrogen-bond acceptors (Lipinski definition) is 4. The molecule has 1 amide bonds. The zero-order valence-electron chi connectivity index (χ0n) is 20.3. The van der Waals surface area contributed by atoms with Crippen molar-refractivity contribution in [3.05, 3.63) is 64.4 Å². The number of carbonyl (C=O) groups is 3. The molecule has 7 nitrogen and oxygen atoms in total. The number of para-hydroxylation sites is 1. The lowest BCUT2D eigenvalue weighted by Gasteiger charge is -2.38. The minimum absolute atomic E-state index is 0.126. The molecule has 4 rings (SSSR count). The van der Waals surface area contributed by atoms with Gasteiger partial charge in [-0.2, -0.15) is 13.2 Å². The number of aliphatic carboxylic acids is 2. The van der Waals surface area contributed by atoms with E-state index in [9.17, 15) is 32.3 Å². The molecule has 0 aliphatic carbocycles. The number of benzene rings is 2. The van der Waals surface area contributed by atoms with Crippen molar-refractivity contribution in [1.82, 2.24) is 4.42 Å². The van der Waals surface area contributed by atoms with E-state index in [0.717, 1.165) is 6.07 Å². The second kappa shape index (κ2) is 10.3. The van der Waals surface area contributed by atoms with Gasteiger partial charge < -0.3 is 15.5 Å². The van der Waals surface area contributed by atoms with Crippen LogP contribution in [0.4, 0.5) is 23.2 Å². The van der Waals surface area contributed by atoms with Gasteiger partial charge in [0.15, 0.2) is 0 Å². The van der Waals surface area contributed by atoms with Crippen LogP contribution >= 0.6 is 23.4 Å². The van der Waals surface area contributed by atoms with Crippen molar-refractivity contribution in [3.8, 4) is 0 Å². The summed E-state index contributed by atoms with van der Waals surface area (Å²) >= 11 is 12.8. The van der Waals surface area contributed by atoms with Crippen LogP contribution in [0.25, 0.3) is 0 Å². The minimum Gasteiger partial charge on any atom is -0.480 e. The highest BCUT2D eigenvalue weighted by Crippen LogP contribution is 2.60. The van der Waals surface area contributed by atoms with E-state index in [4.69, 9.17) is 33.3 Å². The molecule has 4 atom stereocenters. The van der Waals surface area contributed by atoms with Crippen molar-refractivity contribution < 1.29 is 42.2 Å². The van der Waals surface area contributed by atoms with Gasteiger partial charge in [-0.05, 0) is 59.0 Å². The molecule has 206 valence electrons. The smallest absolute Gasteiger partial charge is 0.480 e. The Morgan fingerprint density at radius 3 is 2.18 bits per heavy atom. The average molecular weight is 579 g/mol. The van der Waals surface area contributed by atoms with E-state index < -0.39 is 47.3 Å². The molecule has 13 heteroatoms. The number of nitrogens with zero attached hydrogens (tertiary/aromatic N) is 1. The Kier molecular flexibility index (Phi) is 8.08. The van der Waals surface area contributed by atoms with Crippen LogP contribution in [-0.4, -0.2) is 50.7 Å². The maximum Gasteiger partial charge on any atom is 0.490 e. The standard InChI is InChI=1S/C23H23Cl2FN2O3.C2HF3O2/c1-22(2,3)11-17-23(15-6-4-5-7-16(15)27-21(23)31)18(19(20(29)30)28(17)25)12-8-13(24)10-14(26)9-12;3-2(4,5)1(6)7/h4-10,17-19H,11H2,1-3H3,(H,27,31)(H,29,30);(H,6,7). The average Bonchev–Trinajstić information content (AvgIpc) is 3.19. The third-order valence-corrected chi connectivity index (χ3v) is 7.10. The number of anilines is 1.